The van der Waals surface area contributed by atoms with Gasteiger partial charge < -0.3 is 0 Å². The van der Waals surface area contributed by atoms with Gasteiger partial charge in [-0.2, -0.15) is 0 Å². The van der Waals surface area contributed by atoms with E-state index in [0.717, 1.165) is 5.41 Å². The maximum absolute atomic E-state index is 2.47. The van der Waals surface area contributed by atoms with Crippen LogP contribution >= 0.6 is 0 Å². The van der Waals surface area contributed by atoms with Gasteiger partial charge in [0.25, 0.3) is 0 Å². The zero-order valence-corrected chi connectivity index (χ0v) is 12.2. The minimum Gasteiger partial charge on any atom is -0.0596 e. The Morgan fingerprint density at radius 2 is 1.19 bits per heavy atom. The third kappa shape index (κ3) is 1.56. The van der Waals surface area contributed by atoms with Crippen LogP contribution in [0.5, 0.6) is 0 Å². The van der Waals surface area contributed by atoms with E-state index in [2.05, 4.69) is 41.5 Å². The van der Waals surface area contributed by atoms with Gasteiger partial charge in [0.05, 0.1) is 0 Å². The van der Waals surface area contributed by atoms with Crippen molar-refractivity contribution >= 4 is 0 Å². The van der Waals surface area contributed by atoms with E-state index >= 15 is 0 Å². The number of hydrogen-bond donors (Lipinski definition) is 0. The predicted molar refractivity (Wildman–Crippen MR) is 71.5 cm³/mol. The Bertz CT molecular complexity index is 253. The second kappa shape index (κ2) is 3.27. The first-order valence-electron chi connectivity index (χ1n) is 7.12. The topological polar surface area (TPSA) is 0 Å². The lowest BCUT2D eigenvalue weighted by atomic mass is 9.51. The third-order valence-corrected chi connectivity index (χ3v) is 6.04. The molecule has 0 nitrogen and oxygen atoms in total. The maximum Gasteiger partial charge on any atom is -0.0195 e. The molecule has 2 aliphatic carbocycles. The quantitative estimate of drug-likeness (QED) is 0.513. The van der Waals surface area contributed by atoms with Crippen molar-refractivity contribution in [2.45, 2.75) is 80.1 Å². The van der Waals surface area contributed by atoms with Crippen LogP contribution in [0.4, 0.5) is 0 Å². The average Bonchev–Trinajstić information content (AvgIpc) is 2.40. The molecule has 0 saturated heterocycles. The Hall–Kier alpha value is 0. The molecule has 0 heteroatoms. The van der Waals surface area contributed by atoms with Crippen LogP contribution in [0.25, 0.3) is 0 Å². The Labute approximate surface area is 102 Å². The summed E-state index contributed by atoms with van der Waals surface area (Å²) in [6, 6.07) is 0. The Morgan fingerprint density at radius 1 is 0.688 bits per heavy atom. The third-order valence-electron chi connectivity index (χ3n) is 6.04. The molecule has 0 aromatic heterocycles. The Balaban J connectivity index is 2.32. The summed E-state index contributed by atoms with van der Waals surface area (Å²) in [6.07, 6.45) is 8.97. The monoisotopic (exact) mass is 222 g/mol. The van der Waals surface area contributed by atoms with Gasteiger partial charge >= 0.3 is 0 Å². The summed E-state index contributed by atoms with van der Waals surface area (Å²) >= 11 is 0. The van der Waals surface area contributed by atoms with Crippen LogP contribution < -0.4 is 0 Å². The average molecular weight is 222 g/mol. The van der Waals surface area contributed by atoms with Crippen LogP contribution in [0.1, 0.15) is 80.1 Å². The molecule has 0 bridgehead atoms. The normalized spacial score (nSPS) is 28.1. The number of rotatable bonds is 0. The Morgan fingerprint density at radius 3 is 1.38 bits per heavy atom. The highest BCUT2D eigenvalue weighted by molar-refractivity contribution is 5.09. The van der Waals surface area contributed by atoms with Crippen molar-refractivity contribution in [3.8, 4) is 0 Å². The first kappa shape index (κ1) is 12.5. The van der Waals surface area contributed by atoms with Gasteiger partial charge in [-0.25, -0.2) is 0 Å². The molecule has 2 rings (SSSR count). The van der Waals surface area contributed by atoms with Crippen LogP contribution in [-0.2, 0) is 0 Å². The molecule has 0 atom stereocenters. The second-order valence-corrected chi connectivity index (χ2v) is 8.61. The molecular weight excluding hydrogens is 192 g/mol. The lowest BCUT2D eigenvalue weighted by Gasteiger charge is -2.54. The van der Waals surface area contributed by atoms with Gasteiger partial charge in [0.2, 0.25) is 0 Å². The number of hydrogen-bond acceptors (Lipinski definition) is 0. The molecule has 0 unspecified atom stereocenters. The van der Waals surface area contributed by atoms with E-state index < -0.39 is 0 Å². The molecule has 94 valence electrons. The van der Waals surface area contributed by atoms with Gasteiger partial charge in [0, 0.05) is 0 Å². The van der Waals surface area contributed by atoms with Crippen LogP contribution in [0, 0.1) is 21.7 Å². The van der Waals surface area contributed by atoms with Gasteiger partial charge in [-0.15, -0.1) is 0 Å². The van der Waals surface area contributed by atoms with E-state index in [1.807, 2.05) is 0 Å². The lowest BCUT2D eigenvalue weighted by molar-refractivity contribution is -0.0454. The molecule has 0 aromatic rings. The summed E-state index contributed by atoms with van der Waals surface area (Å²) in [5.74, 6) is 0. The molecule has 2 aliphatic rings. The fourth-order valence-corrected chi connectivity index (χ4v) is 4.80. The van der Waals surface area contributed by atoms with Crippen molar-refractivity contribution in [2.75, 3.05) is 0 Å². The molecule has 0 aromatic carbocycles. The summed E-state index contributed by atoms with van der Waals surface area (Å²) in [7, 11) is 0. The molecule has 0 heterocycles. The van der Waals surface area contributed by atoms with Gasteiger partial charge in [-0.3, -0.25) is 0 Å². The minimum atomic E-state index is 0.449. The van der Waals surface area contributed by atoms with E-state index in [1.54, 1.807) is 0 Å². The van der Waals surface area contributed by atoms with Crippen LogP contribution in [0.15, 0.2) is 0 Å². The standard InChI is InChI=1S/C16H30/c1-13(2,3)16(14(4,5)6)11-10-15(12-16)8-7-9-15/h7-12H2,1-6H3. The summed E-state index contributed by atoms with van der Waals surface area (Å²) in [4.78, 5) is 0. The maximum atomic E-state index is 2.47. The highest BCUT2D eigenvalue weighted by Gasteiger charge is 2.59. The molecule has 2 saturated carbocycles. The van der Waals surface area contributed by atoms with Crippen molar-refractivity contribution < 1.29 is 0 Å². The molecular formula is C16H30. The summed E-state index contributed by atoms with van der Waals surface area (Å²) < 4.78 is 0. The zero-order valence-electron chi connectivity index (χ0n) is 12.2. The van der Waals surface area contributed by atoms with E-state index in [-0.39, 0.29) is 0 Å². The molecule has 0 N–H and O–H groups in total. The SMILES string of the molecule is CC(C)(C)C1(C(C)(C)C)CCC2(CCC2)C1. The fraction of sp³-hybridized carbons (Fsp3) is 1.00. The van der Waals surface area contributed by atoms with Crippen molar-refractivity contribution in [3.05, 3.63) is 0 Å². The largest absolute Gasteiger partial charge is 0.0596 e. The zero-order chi connectivity index (χ0) is 12.2. The highest BCUT2D eigenvalue weighted by atomic mass is 14.6. The fourth-order valence-electron chi connectivity index (χ4n) is 4.80. The summed E-state index contributed by atoms with van der Waals surface area (Å²) in [5, 5.41) is 0. The van der Waals surface area contributed by atoms with E-state index in [9.17, 15) is 0 Å². The molecule has 1 spiro atoms. The molecule has 16 heavy (non-hydrogen) atoms. The van der Waals surface area contributed by atoms with Crippen molar-refractivity contribution in [1.82, 2.24) is 0 Å². The predicted octanol–water partition coefficient (Wildman–Crippen LogP) is 5.42. The Kier molecular flexibility index (Phi) is 2.54. The smallest absolute Gasteiger partial charge is 0.0195 e. The van der Waals surface area contributed by atoms with Gasteiger partial charge in [-0.05, 0) is 53.8 Å². The van der Waals surface area contributed by atoms with Crippen LogP contribution in [0.3, 0.4) is 0 Å². The van der Waals surface area contributed by atoms with Gasteiger partial charge in [-0.1, -0.05) is 48.0 Å². The van der Waals surface area contributed by atoms with Gasteiger partial charge in [0.15, 0.2) is 0 Å². The van der Waals surface area contributed by atoms with E-state index in [0.29, 0.717) is 16.2 Å². The van der Waals surface area contributed by atoms with Crippen molar-refractivity contribution in [2.24, 2.45) is 21.7 Å². The molecule has 2 fully saturated rings. The van der Waals surface area contributed by atoms with Crippen molar-refractivity contribution in [1.29, 1.82) is 0 Å². The molecule has 0 amide bonds. The molecule has 0 aliphatic heterocycles. The minimum absolute atomic E-state index is 0.449. The van der Waals surface area contributed by atoms with E-state index in [1.165, 1.54) is 38.5 Å². The first-order chi connectivity index (χ1) is 7.12. The lowest BCUT2D eigenvalue weighted by Crippen LogP contribution is -2.45. The second-order valence-electron chi connectivity index (χ2n) is 8.61. The van der Waals surface area contributed by atoms with Gasteiger partial charge in [0.1, 0.15) is 0 Å². The van der Waals surface area contributed by atoms with Crippen molar-refractivity contribution in [3.63, 3.8) is 0 Å². The highest BCUT2D eigenvalue weighted by Crippen LogP contribution is 2.69. The summed E-state index contributed by atoms with van der Waals surface area (Å²) in [6.45, 7) is 14.8. The van der Waals surface area contributed by atoms with Crippen LogP contribution in [-0.4, -0.2) is 0 Å². The molecule has 0 radical (unpaired) electrons. The first-order valence-corrected chi connectivity index (χ1v) is 7.12. The van der Waals surface area contributed by atoms with E-state index in [4.69, 9.17) is 0 Å². The van der Waals surface area contributed by atoms with Crippen LogP contribution in [0.2, 0.25) is 0 Å². The summed E-state index contributed by atoms with van der Waals surface area (Å²) in [5.41, 5.74) is 2.22.